The van der Waals surface area contributed by atoms with E-state index < -0.39 is 7.14 Å². The molecule has 0 radical (unpaired) electrons. The van der Waals surface area contributed by atoms with Gasteiger partial charge in [0.25, 0.3) is 0 Å². The molecule has 0 saturated heterocycles. The van der Waals surface area contributed by atoms with E-state index in [1.807, 2.05) is 36.4 Å². The Kier molecular flexibility index (Phi) is 2.50. The van der Waals surface area contributed by atoms with Crippen LogP contribution in [-0.4, -0.2) is 6.35 Å². The van der Waals surface area contributed by atoms with Crippen molar-refractivity contribution in [3.63, 3.8) is 0 Å². The molecule has 0 fully saturated rings. The first kappa shape index (κ1) is 10.9. The van der Waals surface area contributed by atoms with Crippen molar-refractivity contribution in [1.29, 1.82) is 0 Å². The predicted molar refractivity (Wildman–Crippen MR) is 70.3 cm³/mol. The van der Waals surface area contributed by atoms with E-state index in [2.05, 4.69) is 0 Å². The first-order valence-corrected chi connectivity index (χ1v) is 7.55. The summed E-state index contributed by atoms with van der Waals surface area (Å²) in [5.41, 5.74) is 0. The molecule has 0 amide bonds. The van der Waals surface area contributed by atoms with Crippen molar-refractivity contribution in [2.45, 2.75) is 0 Å². The lowest BCUT2D eigenvalue weighted by atomic mass is 10.3. The van der Waals surface area contributed by atoms with Gasteiger partial charge in [-0.1, -0.05) is 23.7 Å². The van der Waals surface area contributed by atoms with Crippen LogP contribution in [0.25, 0.3) is 0 Å². The van der Waals surface area contributed by atoms with Crippen LogP contribution in [0.3, 0.4) is 0 Å². The summed E-state index contributed by atoms with van der Waals surface area (Å²) in [7, 11) is -2.61. The maximum atomic E-state index is 13.0. The average molecular weight is 265 g/mol. The number of para-hydroxylation sites is 1. The molecule has 2 aromatic carbocycles. The summed E-state index contributed by atoms with van der Waals surface area (Å²) in [5, 5.41) is 2.25. The van der Waals surface area contributed by atoms with E-state index >= 15 is 0 Å². The zero-order valence-corrected chi connectivity index (χ0v) is 10.6. The minimum Gasteiger partial charge on any atom is -0.484 e. The number of rotatable bonds is 1. The van der Waals surface area contributed by atoms with Gasteiger partial charge < -0.3 is 9.30 Å². The topological polar surface area (TPSA) is 26.3 Å². The molecule has 1 aliphatic heterocycles. The Balaban J connectivity index is 2.15. The number of fused-ring (bicyclic) bond motifs is 1. The van der Waals surface area contributed by atoms with E-state index in [1.54, 1.807) is 12.1 Å². The fourth-order valence-electron chi connectivity index (χ4n) is 2.00. The van der Waals surface area contributed by atoms with E-state index in [0.717, 1.165) is 16.4 Å². The quantitative estimate of drug-likeness (QED) is 0.740. The number of ether oxygens (including phenoxy) is 1. The summed E-state index contributed by atoms with van der Waals surface area (Å²) in [5.74, 6) is 0.728. The van der Waals surface area contributed by atoms with Gasteiger partial charge >= 0.3 is 0 Å². The van der Waals surface area contributed by atoms with Crippen LogP contribution in [0, 0.1) is 0 Å². The van der Waals surface area contributed by atoms with Gasteiger partial charge in [0, 0.05) is 10.3 Å². The maximum absolute atomic E-state index is 13.0. The Morgan fingerprint density at radius 1 is 1.06 bits per heavy atom. The monoisotopic (exact) mass is 264 g/mol. The number of hydrogen-bond donors (Lipinski definition) is 0. The molecule has 1 atom stereocenters. The zero-order chi connectivity index (χ0) is 11.9. The van der Waals surface area contributed by atoms with Crippen LogP contribution in [0.2, 0.25) is 5.02 Å². The van der Waals surface area contributed by atoms with Crippen molar-refractivity contribution in [1.82, 2.24) is 0 Å². The molecule has 0 saturated carbocycles. The van der Waals surface area contributed by atoms with Crippen molar-refractivity contribution in [3.05, 3.63) is 53.6 Å². The number of halogens is 1. The summed E-state index contributed by atoms with van der Waals surface area (Å²) in [4.78, 5) is 0. The van der Waals surface area contributed by atoms with Crippen LogP contribution in [0.4, 0.5) is 0 Å². The summed E-state index contributed by atoms with van der Waals surface area (Å²) in [6.07, 6.45) is 0.244. The molecule has 1 aliphatic rings. The largest absolute Gasteiger partial charge is 0.484 e. The van der Waals surface area contributed by atoms with Crippen LogP contribution in [0.15, 0.2) is 48.5 Å². The first-order chi connectivity index (χ1) is 8.20. The fourth-order valence-corrected chi connectivity index (χ4v) is 4.47. The van der Waals surface area contributed by atoms with Crippen molar-refractivity contribution in [2.24, 2.45) is 0 Å². The highest BCUT2D eigenvalue weighted by molar-refractivity contribution is 7.79. The molecule has 86 valence electrons. The van der Waals surface area contributed by atoms with Crippen LogP contribution in [0.1, 0.15) is 0 Å². The number of hydrogen-bond acceptors (Lipinski definition) is 2. The molecule has 0 spiro atoms. The lowest BCUT2D eigenvalue weighted by molar-refractivity contribution is 0.395. The van der Waals surface area contributed by atoms with Gasteiger partial charge in [-0.3, -0.25) is 0 Å². The minimum atomic E-state index is -2.61. The van der Waals surface area contributed by atoms with Gasteiger partial charge in [0.15, 0.2) is 7.14 Å². The third kappa shape index (κ3) is 1.69. The third-order valence-electron chi connectivity index (χ3n) is 2.90. The van der Waals surface area contributed by atoms with Gasteiger partial charge in [-0.05, 0) is 36.4 Å². The molecule has 2 aromatic rings. The normalized spacial score (nSPS) is 21.9. The highest BCUT2D eigenvalue weighted by Crippen LogP contribution is 2.50. The van der Waals surface area contributed by atoms with Crippen LogP contribution >= 0.6 is 18.7 Å². The molecule has 2 nitrogen and oxygen atoms in total. The van der Waals surface area contributed by atoms with E-state index in [-0.39, 0.29) is 6.35 Å². The lowest BCUT2D eigenvalue weighted by Crippen LogP contribution is -2.13. The summed E-state index contributed by atoms with van der Waals surface area (Å²) < 4.78 is 18.5. The standard InChI is InChI=1S/C13H10ClO2P/c14-10-5-7-11(8-6-10)17(15)9-16-12-3-1-2-4-13(12)17/h1-8H,9H2. The number of benzene rings is 2. The van der Waals surface area contributed by atoms with Crippen LogP contribution in [0.5, 0.6) is 5.75 Å². The smallest absolute Gasteiger partial charge is 0.182 e. The molecule has 0 bridgehead atoms. The Morgan fingerprint density at radius 2 is 1.76 bits per heavy atom. The second-order valence-electron chi connectivity index (χ2n) is 3.96. The molecule has 1 unspecified atom stereocenters. The van der Waals surface area contributed by atoms with Crippen molar-refractivity contribution in [2.75, 3.05) is 6.35 Å². The highest BCUT2D eigenvalue weighted by Gasteiger charge is 2.36. The van der Waals surface area contributed by atoms with Gasteiger partial charge in [-0.2, -0.15) is 0 Å². The Hall–Kier alpha value is -1.24. The Bertz CT molecular complexity index is 607. The van der Waals surface area contributed by atoms with E-state index in [0.29, 0.717) is 5.02 Å². The van der Waals surface area contributed by atoms with Crippen LogP contribution < -0.4 is 15.3 Å². The molecular weight excluding hydrogens is 255 g/mol. The van der Waals surface area contributed by atoms with Gasteiger partial charge in [0.05, 0.1) is 5.30 Å². The van der Waals surface area contributed by atoms with Crippen LogP contribution in [-0.2, 0) is 4.57 Å². The fraction of sp³-hybridized carbons (Fsp3) is 0.0769. The Morgan fingerprint density at radius 3 is 2.53 bits per heavy atom. The molecule has 0 aliphatic carbocycles. The van der Waals surface area contributed by atoms with Gasteiger partial charge in [-0.15, -0.1) is 0 Å². The second kappa shape index (κ2) is 3.90. The van der Waals surface area contributed by atoms with E-state index in [1.165, 1.54) is 0 Å². The molecule has 0 aromatic heterocycles. The first-order valence-electron chi connectivity index (χ1n) is 5.28. The molecule has 1 heterocycles. The summed E-state index contributed by atoms with van der Waals surface area (Å²) in [6.45, 7) is 0. The minimum absolute atomic E-state index is 0.244. The van der Waals surface area contributed by atoms with Gasteiger partial charge in [0.1, 0.15) is 12.1 Å². The molecule has 17 heavy (non-hydrogen) atoms. The third-order valence-corrected chi connectivity index (χ3v) is 5.92. The molecule has 4 heteroatoms. The summed E-state index contributed by atoms with van der Waals surface area (Å²) >= 11 is 5.84. The predicted octanol–water partition coefficient (Wildman–Crippen LogP) is 3.00. The maximum Gasteiger partial charge on any atom is 0.182 e. The van der Waals surface area contributed by atoms with E-state index in [4.69, 9.17) is 16.3 Å². The average Bonchev–Trinajstić information content (AvgIpc) is 2.70. The van der Waals surface area contributed by atoms with Crippen molar-refractivity contribution < 1.29 is 9.30 Å². The molecule has 3 rings (SSSR count). The molecular formula is C13H10ClO2P. The van der Waals surface area contributed by atoms with Crippen molar-refractivity contribution in [3.8, 4) is 5.75 Å². The highest BCUT2D eigenvalue weighted by atomic mass is 35.5. The zero-order valence-electron chi connectivity index (χ0n) is 8.97. The Labute approximate surface area is 105 Å². The second-order valence-corrected chi connectivity index (χ2v) is 7.13. The molecule has 0 N–H and O–H groups in total. The SMILES string of the molecule is O=P1(c2ccc(Cl)cc2)COc2ccccc21. The van der Waals surface area contributed by atoms with E-state index in [9.17, 15) is 4.57 Å². The summed E-state index contributed by atoms with van der Waals surface area (Å²) in [6, 6.07) is 14.6. The van der Waals surface area contributed by atoms with Gasteiger partial charge in [-0.25, -0.2) is 0 Å². The van der Waals surface area contributed by atoms with Crippen molar-refractivity contribution >= 4 is 29.4 Å². The van der Waals surface area contributed by atoms with Gasteiger partial charge in [0.2, 0.25) is 0 Å². The lowest BCUT2D eigenvalue weighted by Gasteiger charge is -2.10.